The van der Waals surface area contributed by atoms with Crippen LogP contribution in [0, 0.1) is 0 Å². The summed E-state index contributed by atoms with van der Waals surface area (Å²) in [5, 5.41) is 12.2. The van der Waals surface area contributed by atoms with Crippen LogP contribution in [0.25, 0.3) is 10.8 Å². The van der Waals surface area contributed by atoms with Crippen molar-refractivity contribution in [1.82, 2.24) is 9.80 Å². The predicted octanol–water partition coefficient (Wildman–Crippen LogP) is 3.55. The van der Waals surface area contributed by atoms with Crippen molar-refractivity contribution in [2.24, 2.45) is 0 Å². The smallest absolute Gasteiger partial charge is 0.257 e. The Kier molecular flexibility index (Phi) is 7.59. The number of benzene rings is 3. The number of nitrogens with zero attached hydrogens (tertiary/aromatic N) is 2. The van der Waals surface area contributed by atoms with E-state index in [0.29, 0.717) is 66.9 Å². The van der Waals surface area contributed by atoms with E-state index in [2.05, 4.69) is 4.90 Å². The fourth-order valence-electron chi connectivity index (χ4n) is 4.57. The quantitative estimate of drug-likeness (QED) is 0.507. The van der Waals surface area contributed by atoms with Gasteiger partial charge in [-0.15, -0.1) is 0 Å². The Morgan fingerprint density at radius 3 is 1.92 bits per heavy atom. The maximum atomic E-state index is 13.3. The fraction of sp³-hybridized carbons (Fsp3) is 0.370. The molecule has 1 aliphatic rings. The van der Waals surface area contributed by atoms with Crippen molar-refractivity contribution < 1.29 is 33.6 Å². The lowest BCUT2D eigenvalue weighted by Gasteiger charge is -2.35. The lowest BCUT2D eigenvalue weighted by Crippen LogP contribution is -2.48. The number of phenolic OH excluding ortho intramolecular Hbond substituents is 1. The highest BCUT2D eigenvalue weighted by Gasteiger charge is 2.26. The van der Waals surface area contributed by atoms with E-state index >= 15 is 0 Å². The van der Waals surface area contributed by atoms with Gasteiger partial charge in [-0.2, -0.15) is 0 Å². The van der Waals surface area contributed by atoms with E-state index in [0.717, 1.165) is 10.9 Å². The molecule has 0 spiro atoms. The second-order valence-electron chi connectivity index (χ2n) is 8.49. The molecule has 0 aliphatic carbocycles. The van der Waals surface area contributed by atoms with Crippen molar-refractivity contribution in [1.29, 1.82) is 0 Å². The summed E-state index contributed by atoms with van der Waals surface area (Å²) in [7, 11) is 7.87. The van der Waals surface area contributed by atoms with Crippen molar-refractivity contribution >= 4 is 16.7 Å². The van der Waals surface area contributed by atoms with Crippen LogP contribution in [-0.2, 0) is 6.54 Å². The van der Waals surface area contributed by atoms with Crippen LogP contribution in [0.15, 0.2) is 36.4 Å². The van der Waals surface area contributed by atoms with Gasteiger partial charge in [-0.3, -0.25) is 9.69 Å². The van der Waals surface area contributed by atoms with E-state index in [4.69, 9.17) is 23.7 Å². The molecule has 0 bridgehead atoms. The number of carbonyl (C=O) groups excluding carboxylic acids is 1. The van der Waals surface area contributed by atoms with Crippen molar-refractivity contribution in [3.8, 4) is 34.5 Å². The lowest BCUT2D eigenvalue weighted by molar-refractivity contribution is 0.0625. The predicted molar refractivity (Wildman–Crippen MR) is 136 cm³/mol. The zero-order valence-corrected chi connectivity index (χ0v) is 21.3. The molecule has 1 amide bonds. The molecule has 36 heavy (non-hydrogen) atoms. The molecule has 192 valence electrons. The fourth-order valence-corrected chi connectivity index (χ4v) is 4.57. The molecule has 0 saturated carbocycles. The Morgan fingerprint density at radius 1 is 0.778 bits per heavy atom. The molecule has 4 rings (SSSR count). The molecular formula is C27H32N2O7. The Hall–Kier alpha value is -3.85. The van der Waals surface area contributed by atoms with Gasteiger partial charge in [0.1, 0.15) is 5.75 Å². The zero-order valence-electron chi connectivity index (χ0n) is 21.3. The number of fused-ring (bicyclic) bond motifs is 1. The van der Waals surface area contributed by atoms with Crippen LogP contribution in [0.3, 0.4) is 0 Å². The molecule has 9 heteroatoms. The molecule has 0 atom stereocenters. The lowest BCUT2D eigenvalue weighted by atomic mass is 10.0. The Labute approximate surface area is 210 Å². The van der Waals surface area contributed by atoms with E-state index in [1.54, 1.807) is 51.5 Å². The van der Waals surface area contributed by atoms with Crippen LogP contribution in [0.2, 0.25) is 0 Å². The first-order valence-electron chi connectivity index (χ1n) is 11.6. The third kappa shape index (κ3) is 4.79. The first kappa shape index (κ1) is 25.2. The van der Waals surface area contributed by atoms with Crippen molar-refractivity contribution in [2.75, 3.05) is 61.7 Å². The van der Waals surface area contributed by atoms with Gasteiger partial charge in [0.25, 0.3) is 5.91 Å². The molecule has 0 radical (unpaired) electrons. The van der Waals surface area contributed by atoms with Gasteiger partial charge in [-0.05, 0) is 41.3 Å². The maximum Gasteiger partial charge on any atom is 0.257 e. The Bertz CT molecular complexity index is 1230. The zero-order chi connectivity index (χ0) is 25.8. The highest BCUT2D eigenvalue weighted by molar-refractivity contribution is 6.04. The summed E-state index contributed by atoms with van der Waals surface area (Å²) in [6, 6.07) is 10.8. The third-order valence-electron chi connectivity index (χ3n) is 6.52. The highest BCUT2D eigenvalue weighted by atomic mass is 16.5. The molecule has 1 aliphatic heterocycles. The molecule has 9 nitrogen and oxygen atoms in total. The van der Waals surface area contributed by atoms with Crippen LogP contribution in [0.4, 0.5) is 0 Å². The molecule has 0 unspecified atom stereocenters. The van der Waals surface area contributed by atoms with Gasteiger partial charge < -0.3 is 33.7 Å². The third-order valence-corrected chi connectivity index (χ3v) is 6.52. The molecular weight excluding hydrogens is 464 g/mol. The number of hydrogen-bond acceptors (Lipinski definition) is 8. The largest absolute Gasteiger partial charge is 0.506 e. The second-order valence-corrected chi connectivity index (χ2v) is 8.49. The van der Waals surface area contributed by atoms with Gasteiger partial charge >= 0.3 is 0 Å². The average molecular weight is 497 g/mol. The summed E-state index contributed by atoms with van der Waals surface area (Å²) in [6.45, 7) is 3.17. The summed E-state index contributed by atoms with van der Waals surface area (Å²) in [6.07, 6.45) is 0. The summed E-state index contributed by atoms with van der Waals surface area (Å²) in [4.78, 5) is 17.3. The first-order valence-corrected chi connectivity index (χ1v) is 11.6. The monoisotopic (exact) mass is 496 g/mol. The Balaban J connectivity index is 1.47. The minimum Gasteiger partial charge on any atom is -0.506 e. The number of piperazine rings is 1. The first-order chi connectivity index (χ1) is 17.4. The summed E-state index contributed by atoms with van der Waals surface area (Å²) < 4.78 is 27.0. The number of amides is 1. The molecule has 0 aromatic heterocycles. The van der Waals surface area contributed by atoms with Gasteiger partial charge in [0.15, 0.2) is 23.0 Å². The molecule has 1 heterocycles. The van der Waals surface area contributed by atoms with Crippen LogP contribution in [-0.4, -0.2) is 82.5 Å². The van der Waals surface area contributed by atoms with E-state index in [-0.39, 0.29) is 17.2 Å². The summed E-state index contributed by atoms with van der Waals surface area (Å²) in [5.74, 6) is 2.58. The number of aromatic hydroxyl groups is 1. The number of phenols is 1. The molecule has 3 aromatic rings. The Morgan fingerprint density at radius 2 is 1.36 bits per heavy atom. The summed E-state index contributed by atoms with van der Waals surface area (Å²) >= 11 is 0. The molecule has 3 aromatic carbocycles. The van der Waals surface area contributed by atoms with Gasteiger partial charge in [-0.25, -0.2) is 0 Å². The van der Waals surface area contributed by atoms with Gasteiger partial charge in [0, 0.05) is 38.1 Å². The molecule has 1 N–H and O–H groups in total. The van der Waals surface area contributed by atoms with E-state index in [9.17, 15) is 9.90 Å². The van der Waals surface area contributed by atoms with Crippen molar-refractivity contribution in [2.45, 2.75) is 6.54 Å². The number of hydrogen-bond donors (Lipinski definition) is 1. The van der Waals surface area contributed by atoms with E-state index in [1.807, 2.05) is 18.2 Å². The van der Waals surface area contributed by atoms with Crippen molar-refractivity contribution in [3.63, 3.8) is 0 Å². The summed E-state index contributed by atoms with van der Waals surface area (Å²) in [5.41, 5.74) is 1.30. The van der Waals surface area contributed by atoms with Crippen LogP contribution >= 0.6 is 0 Å². The normalized spacial score (nSPS) is 14.0. The number of carbonyl (C=O) groups is 1. The molecule has 1 fully saturated rings. The van der Waals surface area contributed by atoms with E-state index < -0.39 is 0 Å². The van der Waals surface area contributed by atoms with Gasteiger partial charge in [0.05, 0.1) is 41.1 Å². The maximum absolute atomic E-state index is 13.3. The second kappa shape index (κ2) is 10.8. The molecule has 1 saturated heterocycles. The number of rotatable bonds is 8. The van der Waals surface area contributed by atoms with Crippen LogP contribution in [0.1, 0.15) is 15.9 Å². The minimum absolute atomic E-state index is 0.0571. The minimum atomic E-state index is -0.198. The van der Waals surface area contributed by atoms with Crippen LogP contribution in [0.5, 0.6) is 34.5 Å². The standard InChI is InChI=1S/C27H32N2O7/c1-32-21-14-18-6-7-19(25(30)20(18)15-22(21)33-2)27(31)29-10-8-28(9-11-29)16-17-12-23(34-3)26(36-5)24(13-17)35-4/h6-7,12-15,30H,8-11,16H2,1-5H3. The van der Waals surface area contributed by atoms with Gasteiger partial charge in [0.2, 0.25) is 5.75 Å². The average Bonchev–Trinajstić information content (AvgIpc) is 2.92. The number of methoxy groups -OCH3 is 5. The van der Waals surface area contributed by atoms with Gasteiger partial charge in [-0.1, -0.05) is 6.07 Å². The highest BCUT2D eigenvalue weighted by Crippen LogP contribution is 2.39. The number of ether oxygens (including phenoxy) is 5. The SMILES string of the molecule is COc1cc2ccc(C(=O)N3CCN(Cc4cc(OC)c(OC)c(OC)c4)CC3)c(O)c2cc1OC. The van der Waals surface area contributed by atoms with Crippen LogP contribution < -0.4 is 23.7 Å². The topological polar surface area (TPSA) is 89.9 Å². The van der Waals surface area contributed by atoms with E-state index in [1.165, 1.54) is 7.11 Å². The van der Waals surface area contributed by atoms with Crippen molar-refractivity contribution in [3.05, 3.63) is 47.5 Å².